The van der Waals surface area contributed by atoms with E-state index in [9.17, 15) is 4.79 Å². The summed E-state index contributed by atoms with van der Waals surface area (Å²) in [5.41, 5.74) is 0. The van der Waals surface area contributed by atoms with Crippen molar-refractivity contribution in [3.8, 4) is 0 Å². The van der Waals surface area contributed by atoms with Crippen LogP contribution in [0.4, 0.5) is 0 Å². The number of aliphatic carboxylic acids is 1. The number of carbonyl (C=O) groups is 1. The first kappa shape index (κ1) is 8.74. The molecular weight excluding hydrogens is 140 g/mol. The lowest BCUT2D eigenvalue weighted by molar-refractivity contribution is -0.138. The molecule has 0 saturated carbocycles. The number of carboxylic acids is 1. The molecule has 54 valence electrons. The Morgan fingerprint density at radius 1 is 2.00 bits per heavy atom. The lowest BCUT2D eigenvalue weighted by atomic mass is 10.3. The van der Waals surface area contributed by atoms with Gasteiger partial charge >= 0.3 is 5.97 Å². The molecule has 0 bridgehead atoms. The number of rotatable bonds is 4. The van der Waals surface area contributed by atoms with Crippen molar-refractivity contribution >= 4 is 17.9 Å². The average Bonchev–Trinajstić information content (AvgIpc) is 1.82. The monoisotopic (exact) mass is 150 g/mol. The molecule has 0 aromatic rings. The van der Waals surface area contributed by atoms with E-state index >= 15 is 0 Å². The van der Waals surface area contributed by atoms with Crippen molar-refractivity contribution in [3.05, 3.63) is 0 Å². The minimum atomic E-state index is -0.865. The molecule has 0 aliphatic rings. The van der Waals surface area contributed by atoms with E-state index in [1.54, 1.807) is 7.05 Å². The van der Waals surface area contributed by atoms with Gasteiger partial charge in [-0.2, -0.15) is 0 Å². The van der Waals surface area contributed by atoms with Crippen LogP contribution in [0.15, 0.2) is 0 Å². The highest BCUT2D eigenvalue weighted by Crippen LogP contribution is 1.91. The second-order valence-corrected chi connectivity index (χ2v) is 2.18. The average molecular weight is 150 g/mol. The topological polar surface area (TPSA) is 75.3 Å². The predicted octanol–water partition coefficient (Wildman–Crippen LogP) is -0.734. The Labute approximate surface area is 57.9 Å². The third-order valence-corrected chi connectivity index (χ3v) is 1.44. The number of nitrogens with one attached hydrogen (secondary N) is 1. The molecule has 0 radical (unpaired) electrons. The molecule has 5 heteroatoms. The van der Waals surface area contributed by atoms with Crippen molar-refractivity contribution in [3.63, 3.8) is 0 Å². The van der Waals surface area contributed by atoms with Crippen LogP contribution in [0.25, 0.3) is 0 Å². The Morgan fingerprint density at radius 3 is 2.67 bits per heavy atom. The first-order chi connectivity index (χ1) is 4.22. The van der Waals surface area contributed by atoms with Gasteiger partial charge in [-0.05, 0) is 7.05 Å². The first-order valence-electron chi connectivity index (χ1n) is 2.44. The Balaban J connectivity index is 3.54. The highest BCUT2D eigenvalue weighted by molar-refractivity contribution is 7.97. The maximum atomic E-state index is 10.2. The quantitative estimate of drug-likeness (QED) is 0.460. The molecule has 9 heavy (non-hydrogen) atoms. The zero-order valence-corrected chi connectivity index (χ0v) is 5.94. The predicted molar refractivity (Wildman–Crippen MR) is 37.1 cm³/mol. The molecule has 0 aliphatic carbocycles. The number of hydrogen-bond acceptors (Lipinski definition) is 4. The highest BCUT2D eigenvalue weighted by Gasteiger charge is 2.12. The van der Waals surface area contributed by atoms with E-state index < -0.39 is 12.0 Å². The molecule has 1 atom stereocenters. The van der Waals surface area contributed by atoms with Crippen LogP contribution in [-0.2, 0) is 4.79 Å². The fourth-order valence-electron chi connectivity index (χ4n) is 0.374. The van der Waals surface area contributed by atoms with Crippen LogP contribution in [0.3, 0.4) is 0 Å². The van der Waals surface area contributed by atoms with E-state index in [2.05, 4.69) is 5.32 Å². The zero-order valence-electron chi connectivity index (χ0n) is 5.13. The molecule has 4 N–H and O–H groups in total. The second-order valence-electron chi connectivity index (χ2n) is 1.51. The van der Waals surface area contributed by atoms with Gasteiger partial charge in [0.1, 0.15) is 6.04 Å². The Morgan fingerprint density at radius 2 is 2.56 bits per heavy atom. The SMILES string of the molecule is CN[C@@H](CSN)C(=O)O. The van der Waals surface area contributed by atoms with Crippen molar-refractivity contribution in [1.29, 1.82) is 0 Å². The third kappa shape index (κ3) is 3.34. The molecular formula is C4H10N2O2S. The van der Waals surface area contributed by atoms with E-state index in [0.29, 0.717) is 5.75 Å². The summed E-state index contributed by atoms with van der Waals surface area (Å²) in [6.45, 7) is 0. The van der Waals surface area contributed by atoms with Crippen molar-refractivity contribution in [1.82, 2.24) is 5.32 Å². The molecule has 0 rings (SSSR count). The summed E-state index contributed by atoms with van der Waals surface area (Å²) in [6, 6.07) is -0.528. The molecule has 0 aliphatic heterocycles. The minimum absolute atomic E-state index is 0.395. The number of likely N-dealkylation sites (N-methyl/N-ethyl adjacent to an activating group) is 1. The van der Waals surface area contributed by atoms with Crippen LogP contribution in [0.5, 0.6) is 0 Å². The summed E-state index contributed by atoms with van der Waals surface area (Å²) < 4.78 is 0. The van der Waals surface area contributed by atoms with E-state index in [1.165, 1.54) is 0 Å². The van der Waals surface area contributed by atoms with Gasteiger partial charge in [0.2, 0.25) is 0 Å². The summed E-state index contributed by atoms with van der Waals surface area (Å²) in [7, 11) is 1.59. The molecule has 0 aromatic carbocycles. The van der Waals surface area contributed by atoms with Gasteiger partial charge in [0.05, 0.1) is 0 Å². The van der Waals surface area contributed by atoms with Gasteiger partial charge in [-0.3, -0.25) is 9.93 Å². The van der Waals surface area contributed by atoms with E-state index in [4.69, 9.17) is 10.2 Å². The lowest BCUT2D eigenvalue weighted by Gasteiger charge is -2.06. The molecule has 0 aromatic heterocycles. The second kappa shape index (κ2) is 4.60. The number of carboxylic acid groups (broad SMARTS) is 1. The van der Waals surface area contributed by atoms with E-state index in [1.807, 2.05) is 0 Å². The zero-order chi connectivity index (χ0) is 7.28. The van der Waals surface area contributed by atoms with Gasteiger partial charge < -0.3 is 10.4 Å². The summed E-state index contributed by atoms with van der Waals surface area (Å²) in [6.07, 6.45) is 0. The van der Waals surface area contributed by atoms with Gasteiger partial charge in [0.25, 0.3) is 0 Å². The summed E-state index contributed by atoms with van der Waals surface area (Å²) in [4.78, 5) is 10.2. The summed E-state index contributed by atoms with van der Waals surface area (Å²) in [5, 5.41) is 16.0. The van der Waals surface area contributed by atoms with Crippen molar-refractivity contribution in [2.24, 2.45) is 5.14 Å². The molecule has 0 fully saturated rings. The van der Waals surface area contributed by atoms with Crippen LogP contribution >= 0.6 is 11.9 Å². The highest BCUT2D eigenvalue weighted by atomic mass is 32.2. The molecule has 0 spiro atoms. The lowest BCUT2D eigenvalue weighted by Crippen LogP contribution is -2.36. The Kier molecular flexibility index (Phi) is 4.47. The maximum Gasteiger partial charge on any atom is 0.321 e. The molecule has 0 heterocycles. The van der Waals surface area contributed by atoms with Crippen LogP contribution < -0.4 is 10.5 Å². The van der Waals surface area contributed by atoms with Crippen LogP contribution in [-0.4, -0.2) is 29.9 Å². The summed E-state index contributed by atoms with van der Waals surface area (Å²) >= 11 is 1.02. The van der Waals surface area contributed by atoms with E-state index in [-0.39, 0.29) is 0 Å². The van der Waals surface area contributed by atoms with Crippen LogP contribution in [0.2, 0.25) is 0 Å². The van der Waals surface area contributed by atoms with Gasteiger partial charge in [0.15, 0.2) is 0 Å². The molecule has 0 saturated heterocycles. The Bertz CT molecular complexity index is 98.6. The molecule has 0 amide bonds. The molecule has 0 unspecified atom stereocenters. The van der Waals surface area contributed by atoms with Gasteiger partial charge in [0, 0.05) is 5.75 Å². The number of nitrogens with two attached hydrogens (primary N) is 1. The van der Waals surface area contributed by atoms with Crippen molar-refractivity contribution in [2.45, 2.75) is 6.04 Å². The smallest absolute Gasteiger partial charge is 0.321 e. The third-order valence-electron chi connectivity index (χ3n) is 0.909. The fourth-order valence-corrected chi connectivity index (χ4v) is 0.876. The largest absolute Gasteiger partial charge is 0.480 e. The van der Waals surface area contributed by atoms with Gasteiger partial charge in [-0.15, -0.1) is 0 Å². The van der Waals surface area contributed by atoms with Crippen LogP contribution in [0.1, 0.15) is 0 Å². The fraction of sp³-hybridized carbons (Fsp3) is 0.750. The van der Waals surface area contributed by atoms with Gasteiger partial charge in [-0.25, -0.2) is 0 Å². The summed E-state index contributed by atoms with van der Waals surface area (Å²) in [5.74, 6) is -0.471. The maximum absolute atomic E-state index is 10.2. The standard InChI is InChI=1S/C4H10N2O2S/c1-6-3(2-9-5)4(7)8/h3,6H,2,5H2,1H3,(H,7,8)/t3-/m0/s1. The number of hydrogen-bond donors (Lipinski definition) is 3. The van der Waals surface area contributed by atoms with E-state index in [0.717, 1.165) is 11.9 Å². The van der Waals surface area contributed by atoms with Gasteiger partial charge in [-0.1, -0.05) is 11.9 Å². The molecule has 4 nitrogen and oxygen atoms in total. The van der Waals surface area contributed by atoms with Crippen molar-refractivity contribution < 1.29 is 9.90 Å². The normalized spacial score (nSPS) is 13.1. The minimum Gasteiger partial charge on any atom is -0.480 e. The van der Waals surface area contributed by atoms with Crippen LogP contribution in [0, 0.1) is 0 Å². The Hall–Kier alpha value is -0.260. The van der Waals surface area contributed by atoms with Crippen molar-refractivity contribution in [2.75, 3.05) is 12.8 Å². The first-order valence-corrected chi connectivity index (χ1v) is 3.49.